The maximum Gasteiger partial charge on any atom is 0.330 e. The third-order valence-electron chi connectivity index (χ3n) is 3.88. The number of methoxy groups -OCH3 is 1. The van der Waals surface area contributed by atoms with Crippen molar-refractivity contribution in [3.8, 4) is 11.5 Å². The van der Waals surface area contributed by atoms with Gasteiger partial charge in [0.2, 0.25) is 0 Å². The van der Waals surface area contributed by atoms with Crippen molar-refractivity contribution < 1.29 is 19.1 Å². The summed E-state index contributed by atoms with van der Waals surface area (Å²) in [5, 5.41) is 0. The van der Waals surface area contributed by atoms with Gasteiger partial charge < -0.3 is 9.47 Å². The molecule has 0 bridgehead atoms. The number of ketones is 1. The molecule has 0 N–H and O–H groups in total. The Morgan fingerprint density at radius 2 is 1.30 bits per heavy atom. The lowest BCUT2D eigenvalue weighted by Gasteiger charge is -2.07. The molecule has 0 atom stereocenters. The van der Waals surface area contributed by atoms with E-state index in [-0.39, 0.29) is 5.78 Å². The molecule has 0 aliphatic heterocycles. The van der Waals surface area contributed by atoms with Gasteiger partial charge in [-0.3, -0.25) is 4.79 Å². The van der Waals surface area contributed by atoms with Crippen molar-refractivity contribution in [3.63, 3.8) is 0 Å². The first-order chi connectivity index (χ1) is 13.2. The number of carbonyl (C=O) groups excluding carboxylic acids is 2. The van der Waals surface area contributed by atoms with Crippen LogP contribution in [0.3, 0.4) is 0 Å². The van der Waals surface area contributed by atoms with Crippen LogP contribution in [0.2, 0.25) is 0 Å². The van der Waals surface area contributed by atoms with Crippen LogP contribution in [0.5, 0.6) is 11.5 Å². The number of hydrogen-bond donors (Lipinski definition) is 0. The van der Waals surface area contributed by atoms with Crippen molar-refractivity contribution in [3.05, 3.63) is 102 Å². The molecule has 0 aromatic heterocycles. The maximum absolute atomic E-state index is 12.6. The minimum Gasteiger partial charge on any atom is -0.466 e. The third-order valence-corrected chi connectivity index (χ3v) is 3.88. The van der Waals surface area contributed by atoms with Gasteiger partial charge >= 0.3 is 5.97 Å². The van der Waals surface area contributed by atoms with Crippen LogP contribution in [0.1, 0.15) is 21.5 Å². The first kappa shape index (κ1) is 18.1. The van der Waals surface area contributed by atoms with E-state index in [9.17, 15) is 9.59 Å². The van der Waals surface area contributed by atoms with Gasteiger partial charge in [0.1, 0.15) is 11.5 Å². The Balaban J connectivity index is 1.68. The SMILES string of the molecule is COC(=O)/C=C/c1ccc(C(=O)c2ccc(Oc3ccccc3)cc2)cc1. The fraction of sp³-hybridized carbons (Fsp3) is 0.0435. The number of hydrogen-bond acceptors (Lipinski definition) is 4. The first-order valence-electron chi connectivity index (χ1n) is 8.39. The molecule has 0 aliphatic carbocycles. The Bertz CT molecular complexity index is 940. The van der Waals surface area contributed by atoms with E-state index in [1.54, 1.807) is 54.6 Å². The molecule has 0 fully saturated rings. The Labute approximate surface area is 157 Å². The van der Waals surface area contributed by atoms with Crippen LogP contribution in [-0.2, 0) is 9.53 Å². The molecular formula is C23H18O4. The molecule has 27 heavy (non-hydrogen) atoms. The van der Waals surface area contributed by atoms with Crippen LogP contribution in [0.4, 0.5) is 0 Å². The zero-order valence-corrected chi connectivity index (χ0v) is 14.8. The van der Waals surface area contributed by atoms with Gasteiger partial charge in [-0.2, -0.15) is 0 Å². The zero-order valence-electron chi connectivity index (χ0n) is 14.8. The number of benzene rings is 3. The van der Waals surface area contributed by atoms with Gasteiger partial charge in [0.15, 0.2) is 5.78 Å². The van der Waals surface area contributed by atoms with Crippen molar-refractivity contribution in [2.24, 2.45) is 0 Å². The molecule has 3 rings (SSSR count). The van der Waals surface area contributed by atoms with Crippen LogP contribution in [0.15, 0.2) is 84.9 Å². The molecule has 0 saturated carbocycles. The fourth-order valence-corrected chi connectivity index (χ4v) is 2.44. The van der Waals surface area contributed by atoms with Crippen molar-refractivity contribution in [1.29, 1.82) is 0 Å². The van der Waals surface area contributed by atoms with E-state index < -0.39 is 5.97 Å². The van der Waals surface area contributed by atoms with Crippen LogP contribution >= 0.6 is 0 Å². The van der Waals surface area contributed by atoms with Crippen LogP contribution < -0.4 is 4.74 Å². The molecule has 0 radical (unpaired) electrons. The standard InChI is InChI=1S/C23H18O4/c1-26-22(24)16-9-17-7-10-18(11-8-17)23(25)19-12-14-21(15-13-19)27-20-5-3-2-4-6-20/h2-16H,1H3/b16-9+. The number of carbonyl (C=O) groups is 2. The van der Waals surface area contributed by atoms with Gasteiger partial charge in [-0.15, -0.1) is 0 Å². The van der Waals surface area contributed by atoms with Gasteiger partial charge in [-0.25, -0.2) is 4.79 Å². The summed E-state index contributed by atoms with van der Waals surface area (Å²) in [5.41, 5.74) is 1.96. The highest BCUT2D eigenvalue weighted by Gasteiger charge is 2.09. The number of ether oxygens (including phenoxy) is 2. The fourth-order valence-electron chi connectivity index (χ4n) is 2.44. The minimum absolute atomic E-state index is 0.0789. The van der Waals surface area contributed by atoms with Crippen LogP contribution in [0, 0.1) is 0 Å². The summed E-state index contributed by atoms with van der Waals surface area (Å²) in [7, 11) is 1.32. The average Bonchev–Trinajstić information content (AvgIpc) is 2.73. The molecule has 134 valence electrons. The molecule has 0 unspecified atom stereocenters. The van der Waals surface area contributed by atoms with Crippen molar-refractivity contribution in [2.45, 2.75) is 0 Å². The Morgan fingerprint density at radius 1 is 0.741 bits per heavy atom. The van der Waals surface area contributed by atoms with E-state index in [0.29, 0.717) is 16.9 Å². The summed E-state index contributed by atoms with van der Waals surface area (Å²) >= 11 is 0. The van der Waals surface area contributed by atoms with Crippen molar-refractivity contribution in [2.75, 3.05) is 7.11 Å². The first-order valence-corrected chi connectivity index (χ1v) is 8.39. The van der Waals surface area contributed by atoms with Crippen molar-refractivity contribution in [1.82, 2.24) is 0 Å². The third kappa shape index (κ3) is 4.92. The smallest absolute Gasteiger partial charge is 0.330 e. The second-order valence-electron chi connectivity index (χ2n) is 5.75. The Morgan fingerprint density at radius 3 is 1.89 bits per heavy atom. The lowest BCUT2D eigenvalue weighted by Crippen LogP contribution is -2.01. The number of rotatable bonds is 6. The summed E-state index contributed by atoms with van der Waals surface area (Å²) in [4.78, 5) is 23.7. The minimum atomic E-state index is -0.423. The highest BCUT2D eigenvalue weighted by Crippen LogP contribution is 2.22. The zero-order chi connectivity index (χ0) is 19.1. The van der Waals surface area contributed by atoms with Gasteiger partial charge in [0, 0.05) is 17.2 Å². The summed E-state index contributed by atoms with van der Waals surface area (Å²) in [6.45, 7) is 0. The molecule has 0 aliphatic rings. The average molecular weight is 358 g/mol. The molecule has 4 nitrogen and oxygen atoms in total. The molecule has 0 heterocycles. The lowest BCUT2D eigenvalue weighted by atomic mass is 10.0. The molecule has 0 spiro atoms. The second kappa shape index (κ2) is 8.63. The lowest BCUT2D eigenvalue weighted by molar-refractivity contribution is -0.134. The van der Waals surface area contributed by atoms with E-state index in [4.69, 9.17) is 4.74 Å². The quantitative estimate of drug-likeness (QED) is 0.357. The number of esters is 1. The second-order valence-corrected chi connectivity index (χ2v) is 5.75. The molecule has 4 heteroatoms. The van der Waals surface area contributed by atoms with E-state index in [0.717, 1.165) is 11.3 Å². The number of para-hydroxylation sites is 1. The molecule has 3 aromatic rings. The summed E-state index contributed by atoms with van der Waals surface area (Å²) < 4.78 is 10.3. The highest BCUT2D eigenvalue weighted by atomic mass is 16.5. The normalized spacial score (nSPS) is 10.6. The van der Waals surface area contributed by atoms with Gasteiger partial charge in [-0.1, -0.05) is 42.5 Å². The Hall–Kier alpha value is -3.66. The highest BCUT2D eigenvalue weighted by molar-refractivity contribution is 6.09. The maximum atomic E-state index is 12.6. The molecule has 0 amide bonds. The summed E-state index contributed by atoms with van der Waals surface area (Å²) in [5.74, 6) is 0.908. The summed E-state index contributed by atoms with van der Waals surface area (Å²) in [6, 6.07) is 23.5. The van der Waals surface area contributed by atoms with E-state index in [2.05, 4.69) is 4.74 Å². The monoisotopic (exact) mass is 358 g/mol. The van der Waals surface area contributed by atoms with E-state index in [1.165, 1.54) is 13.2 Å². The van der Waals surface area contributed by atoms with E-state index in [1.807, 2.05) is 30.3 Å². The Kier molecular flexibility index (Phi) is 5.80. The largest absolute Gasteiger partial charge is 0.466 e. The van der Waals surface area contributed by atoms with E-state index >= 15 is 0 Å². The summed E-state index contributed by atoms with van der Waals surface area (Å²) in [6.07, 6.45) is 2.97. The molecular weight excluding hydrogens is 340 g/mol. The predicted molar refractivity (Wildman–Crippen MR) is 104 cm³/mol. The van der Waals surface area contributed by atoms with Gasteiger partial charge in [-0.05, 0) is 48.0 Å². The van der Waals surface area contributed by atoms with Gasteiger partial charge in [0.25, 0.3) is 0 Å². The van der Waals surface area contributed by atoms with Crippen LogP contribution in [-0.4, -0.2) is 18.9 Å². The topological polar surface area (TPSA) is 52.6 Å². The van der Waals surface area contributed by atoms with Gasteiger partial charge in [0.05, 0.1) is 7.11 Å². The molecule has 0 saturated heterocycles. The molecule has 3 aromatic carbocycles. The van der Waals surface area contributed by atoms with Crippen molar-refractivity contribution >= 4 is 17.8 Å². The predicted octanol–water partition coefficient (Wildman–Crippen LogP) is 4.90. The van der Waals surface area contributed by atoms with Crippen LogP contribution in [0.25, 0.3) is 6.08 Å².